The largest absolute Gasteiger partial charge is 0.326 e. The fraction of sp³-hybridized carbons (Fsp3) is 0.250. The van der Waals surface area contributed by atoms with Crippen LogP contribution in [-0.2, 0) is 6.54 Å². The summed E-state index contributed by atoms with van der Waals surface area (Å²) in [5.41, 5.74) is 9.74. The topological polar surface area (TPSA) is 59.2 Å². The Morgan fingerprint density at radius 1 is 1.15 bits per heavy atom. The molecule has 2 aromatic rings. The van der Waals surface area contributed by atoms with Crippen molar-refractivity contribution in [2.45, 2.75) is 20.4 Å². The van der Waals surface area contributed by atoms with Crippen LogP contribution in [0, 0.1) is 13.8 Å². The molecule has 0 aliphatic carbocycles. The number of carbonyl (C=O) groups excluding carboxylic acids is 1. The van der Waals surface area contributed by atoms with Gasteiger partial charge in [0.05, 0.1) is 11.3 Å². The second-order valence-corrected chi connectivity index (χ2v) is 4.82. The lowest BCUT2D eigenvalue weighted by Gasteiger charge is -2.18. The van der Waals surface area contributed by atoms with E-state index in [-0.39, 0.29) is 5.91 Å². The Kier molecular flexibility index (Phi) is 4.15. The van der Waals surface area contributed by atoms with E-state index < -0.39 is 0 Å². The zero-order valence-electron chi connectivity index (χ0n) is 12.1. The highest BCUT2D eigenvalue weighted by molar-refractivity contribution is 6.06. The standard InChI is InChI=1S/C16H19N3O/c1-11-4-9-15(12(2)18-11)16(20)19(3)14-7-5-13(10-17)6-8-14/h4-9H,10,17H2,1-3H3. The zero-order valence-corrected chi connectivity index (χ0v) is 12.1. The number of carbonyl (C=O) groups is 1. The summed E-state index contributed by atoms with van der Waals surface area (Å²) in [6.45, 7) is 4.26. The van der Waals surface area contributed by atoms with Crippen molar-refractivity contribution < 1.29 is 4.79 Å². The van der Waals surface area contributed by atoms with Crippen LogP contribution in [0.3, 0.4) is 0 Å². The third-order valence-electron chi connectivity index (χ3n) is 3.32. The summed E-state index contributed by atoms with van der Waals surface area (Å²) < 4.78 is 0. The summed E-state index contributed by atoms with van der Waals surface area (Å²) in [4.78, 5) is 18.5. The van der Waals surface area contributed by atoms with E-state index in [0.717, 1.165) is 22.6 Å². The van der Waals surface area contributed by atoms with Crippen molar-refractivity contribution in [3.63, 3.8) is 0 Å². The highest BCUT2D eigenvalue weighted by Gasteiger charge is 2.16. The van der Waals surface area contributed by atoms with Gasteiger partial charge >= 0.3 is 0 Å². The molecule has 20 heavy (non-hydrogen) atoms. The van der Waals surface area contributed by atoms with Crippen molar-refractivity contribution in [3.05, 3.63) is 58.9 Å². The predicted octanol–water partition coefficient (Wildman–Crippen LogP) is 2.43. The van der Waals surface area contributed by atoms with Crippen molar-refractivity contribution in [3.8, 4) is 0 Å². The lowest BCUT2D eigenvalue weighted by molar-refractivity contribution is 0.0992. The maximum Gasteiger partial charge on any atom is 0.259 e. The maximum absolute atomic E-state index is 12.5. The van der Waals surface area contributed by atoms with Crippen molar-refractivity contribution >= 4 is 11.6 Å². The van der Waals surface area contributed by atoms with E-state index in [1.165, 1.54) is 0 Å². The van der Waals surface area contributed by atoms with Crippen molar-refractivity contribution in [2.24, 2.45) is 5.73 Å². The van der Waals surface area contributed by atoms with Gasteiger partial charge in [0.1, 0.15) is 0 Å². The van der Waals surface area contributed by atoms with Crippen molar-refractivity contribution in [1.29, 1.82) is 0 Å². The van der Waals surface area contributed by atoms with E-state index in [0.29, 0.717) is 12.1 Å². The minimum absolute atomic E-state index is 0.0597. The second kappa shape index (κ2) is 5.84. The Bertz CT molecular complexity index is 620. The van der Waals surface area contributed by atoms with Gasteiger partial charge in [0.2, 0.25) is 0 Å². The highest BCUT2D eigenvalue weighted by atomic mass is 16.2. The molecule has 0 radical (unpaired) electrons. The smallest absolute Gasteiger partial charge is 0.259 e. The molecule has 0 bridgehead atoms. The third kappa shape index (κ3) is 2.86. The molecular weight excluding hydrogens is 250 g/mol. The van der Waals surface area contributed by atoms with Crippen LogP contribution in [-0.4, -0.2) is 17.9 Å². The molecule has 2 rings (SSSR count). The average molecular weight is 269 g/mol. The minimum Gasteiger partial charge on any atom is -0.326 e. The Hall–Kier alpha value is -2.20. The molecule has 0 saturated carbocycles. The van der Waals surface area contributed by atoms with Gasteiger partial charge in [0, 0.05) is 25.0 Å². The van der Waals surface area contributed by atoms with Gasteiger partial charge in [0.15, 0.2) is 0 Å². The number of amides is 1. The molecule has 0 fully saturated rings. The van der Waals surface area contributed by atoms with Crippen LogP contribution in [0.15, 0.2) is 36.4 Å². The molecule has 1 aromatic heterocycles. The summed E-state index contributed by atoms with van der Waals surface area (Å²) in [5, 5.41) is 0. The van der Waals surface area contributed by atoms with Crippen molar-refractivity contribution in [2.75, 3.05) is 11.9 Å². The van der Waals surface area contributed by atoms with Crippen LogP contribution in [0.4, 0.5) is 5.69 Å². The minimum atomic E-state index is -0.0597. The third-order valence-corrected chi connectivity index (χ3v) is 3.32. The van der Waals surface area contributed by atoms with Crippen molar-refractivity contribution in [1.82, 2.24) is 4.98 Å². The van der Waals surface area contributed by atoms with E-state index in [9.17, 15) is 4.79 Å². The van der Waals surface area contributed by atoms with Crippen LogP contribution in [0.5, 0.6) is 0 Å². The first kappa shape index (κ1) is 14.2. The Morgan fingerprint density at radius 2 is 1.80 bits per heavy atom. The monoisotopic (exact) mass is 269 g/mol. The quantitative estimate of drug-likeness (QED) is 0.931. The summed E-state index contributed by atoms with van der Waals surface area (Å²) >= 11 is 0. The number of hydrogen-bond acceptors (Lipinski definition) is 3. The number of aromatic nitrogens is 1. The second-order valence-electron chi connectivity index (χ2n) is 4.82. The summed E-state index contributed by atoms with van der Waals surface area (Å²) in [5.74, 6) is -0.0597. The first-order valence-electron chi connectivity index (χ1n) is 6.54. The number of anilines is 1. The molecule has 0 unspecified atom stereocenters. The Labute approximate surface area is 119 Å². The molecule has 1 heterocycles. The van der Waals surface area contributed by atoms with Gasteiger partial charge in [0.25, 0.3) is 5.91 Å². The van der Waals surface area contributed by atoms with Gasteiger partial charge in [-0.25, -0.2) is 0 Å². The van der Waals surface area contributed by atoms with Gasteiger partial charge in [-0.1, -0.05) is 12.1 Å². The average Bonchev–Trinajstić information content (AvgIpc) is 2.46. The lowest BCUT2D eigenvalue weighted by Crippen LogP contribution is -2.27. The number of benzene rings is 1. The summed E-state index contributed by atoms with van der Waals surface area (Å²) in [6.07, 6.45) is 0. The summed E-state index contributed by atoms with van der Waals surface area (Å²) in [6, 6.07) is 11.3. The Balaban J connectivity index is 2.27. The maximum atomic E-state index is 12.5. The highest BCUT2D eigenvalue weighted by Crippen LogP contribution is 2.17. The molecule has 0 spiro atoms. The molecule has 4 nitrogen and oxygen atoms in total. The van der Waals surface area contributed by atoms with Gasteiger partial charge in [-0.05, 0) is 43.7 Å². The molecule has 1 aromatic carbocycles. The van der Waals surface area contributed by atoms with Gasteiger partial charge in [-0.2, -0.15) is 0 Å². The lowest BCUT2D eigenvalue weighted by atomic mass is 10.1. The number of aryl methyl sites for hydroxylation is 2. The zero-order chi connectivity index (χ0) is 14.7. The molecule has 0 atom stereocenters. The van der Waals surface area contributed by atoms with Gasteiger partial charge in [-0.15, -0.1) is 0 Å². The normalized spacial score (nSPS) is 10.4. The molecule has 0 saturated heterocycles. The molecule has 2 N–H and O–H groups in total. The SMILES string of the molecule is Cc1ccc(C(=O)N(C)c2ccc(CN)cc2)c(C)n1. The van der Waals surface area contributed by atoms with E-state index in [1.807, 2.05) is 50.2 Å². The number of hydrogen-bond donors (Lipinski definition) is 1. The molecule has 1 amide bonds. The number of pyridine rings is 1. The predicted molar refractivity (Wildman–Crippen MR) is 80.8 cm³/mol. The first-order valence-corrected chi connectivity index (χ1v) is 6.54. The van der Waals surface area contributed by atoms with Crippen LogP contribution < -0.4 is 10.6 Å². The van der Waals surface area contributed by atoms with Gasteiger partial charge < -0.3 is 10.6 Å². The van der Waals surface area contributed by atoms with E-state index in [4.69, 9.17) is 5.73 Å². The Morgan fingerprint density at radius 3 is 2.35 bits per heavy atom. The number of rotatable bonds is 3. The van der Waals surface area contributed by atoms with Crippen LogP contribution in [0.2, 0.25) is 0 Å². The fourth-order valence-corrected chi connectivity index (χ4v) is 2.07. The molecule has 0 aliphatic rings. The van der Waals surface area contributed by atoms with Crippen LogP contribution >= 0.6 is 0 Å². The molecule has 104 valence electrons. The molecular formula is C16H19N3O. The molecule has 0 aliphatic heterocycles. The molecule has 4 heteroatoms. The van der Waals surface area contributed by atoms with Crippen LogP contribution in [0.25, 0.3) is 0 Å². The van der Waals surface area contributed by atoms with Gasteiger partial charge in [-0.3, -0.25) is 9.78 Å². The van der Waals surface area contributed by atoms with E-state index in [2.05, 4.69) is 4.98 Å². The first-order chi connectivity index (χ1) is 9.52. The fourth-order valence-electron chi connectivity index (χ4n) is 2.07. The number of nitrogens with two attached hydrogens (primary N) is 1. The summed E-state index contributed by atoms with van der Waals surface area (Å²) in [7, 11) is 1.76. The van der Waals surface area contributed by atoms with E-state index in [1.54, 1.807) is 11.9 Å². The van der Waals surface area contributed by atoms with Crippen LogP contribution in [0.1, 0.15) is 27.3 Å². The number of nitrogens with zero attached hydrogens (tertiary/aromatic N) is 2. The van der Waals surface area contributed by atoms with E-state index >= 15 is 0 Å².